The number of hydrogen-bond donors (Lipinski definition) is 3. The summed E-state index contributed by atoms with van der Waals surface area (Å²) in [6.07, 6.45) is 8.88. The first-order valence-corrected chi connectivity index (χ1v) is 9.96. The predicted molar refractivity (Wildman–Crippen MR) is 115 cm³/mol. The summed E-state index contributed by atoms with van der Waals surface area (Å²) in [5, 5.41) is 29.5. The van der Waals surface area contributed by atoms with Crippen molar-refractivity contribution < 1.29 is 20.1 Å². The molecule has 0 heterocycles. The van der Waals surface area contributed by atoms with Crippen LogP contribution in [0.3, 0.4) is 0 Å². The van der Waals surface area contributed by atoms with E-state index in [2.05, 4.69) is 13.8 Å². The van der Waals surface area contributed by atoms with Crippen LogP contribution in [0.1, 0.15) is 95.1 Å². The molecule has 154 valence electrons. The lowest BCUT2D eigenvalue weighted by Gasteiger charge is -2.16. The minimum atomic E-state index is -1.19. The first-order chi connectivity index (χ1) is 12.8. The number of aryl methyl sites for hydroxylation is 1. The van der Waals surface area contributed by atoms with Gasteiger partial charge in [0.2, 0.25) is 0 Å². The van der Waals surface area contributed by atoms with Crippen molar-refractivity contribution in [2.24, 2.45) is 0 Å². The fourth-order valence-corrected chi connectivity index (χ4v) is 2.58. The molecule has 1 aromatic carbocycles. The van der Waals surface area contributed by atoms with Crippen molar-refractivity contribution in [3.8, 4) is 11.5 Å². The van der Waals surface area contributed by atoms with Gasteiger partial charge in [-0.15, -0.1) is 0 Å². The van der Waals surface area contributed by atoms with Gasteiger partial charge in [0, 0.05) is 11.5 Å². The number of allylic oxidation sites excluding steroid dienone is 4. The molecule has 0 spiro atoms. The largest absolute Gasteiger partial charge is 0.507 e. The molecule has 4 nitrogen and oxygen atoms in total. The van der Waals surface area contributed by atoms with Crippen LogP contribution < -0.4 is 0 Å². The van der Waals surface area contributed by atoms with E-state index in [1.165, 1.54) is 12.5 Å². The summed E-state index contributed by atoms with van der Waals surface area (Å²) >= 11 is 0. The quantitative estimate of drug-likeness (QED) is 0.486. The van der Waals surface area contributed by atoms with Gasteiger partial charge in [-0.1, -0.05) is 71.8 Å². The molecule has 0 bridgehead atoms. The molecule has 4 heteroatoms. The standard InChI is InChI=1S/C16H18O4.C3H8.2C2H6/c1-9-5-3-4-6-11(7-9)14-12(17)8-10(2)13(15(14)18)16(19)20;1-3-2;2*1-2/h4,6-8,11,17-18H,3,5H2,1-2H3,(H,19,20);3H2,1-2H3;2*1-2H3. The van der Waals surface area contributed by atoms with Gasteiger partial charge in [-0.3, -0.25) is 0 Å². The fraction of sp³-hybridized carbons (Fsp3) is 0.522. The first-order valence-electron chi connectivity index (χ1n) is 9.96. The second-order valence-electron chi connectivity index (χ2n) is 5.87. The zero-order chi connectivity index (χ0) is 21.6. The van der Waals surface area contributed by atoms with Crippen molar-refractivity contribution in [2.75, 3.05) is 0 Å². The Morgan fingerprint density at radius 3 is 2.11 bits per heavy atom. The highest BCUT2D eigenvalue weighted by molar-refractivity contribution is 5.93. The Bertz CT molecular complexity index is 628. The van der Waals surface area contributed by atoms with Crippen molar-refractivity contribution in [1.82, 2.24) is 0 Å². The summed E-state index contributed by atoms with van der Waals surface area (Å²) < 4.78 is 0. The molecule has 0 aromatic heterocycles. The molecule has 0 aliphatic heterocycles. The molecule has 0 fully saturated rings. The molecule has 0 saturated heterocycles. The van der Waals surface area contributed by atoms with E-state index < -0.39 is 5.97 Å². The van der Waals surface area contributed by atoms with Gasteiger partial charge in [-0.2, -0.15) is 0 Å². The highest BCUT2D eigenvalue weighted by Gasteiger charge is 2.24. The number of phenols is 2. The maximum atomic E-state index is 11.2. The summed E-state index contributed by atoms with van der Waals surface area (Å²) in [5.74, 6) is -1.93. The molecular formula is C23H38O4. The maximum absolute atomic E-state index is 11.2. The van der Waals surface area contributed by atoms with Gasteiger partial charge in [-0.05, 0) is 38.3 Å². The van der Waals surface area contributed by atoms with Crippen LogP contribution in [0, 0.1) is 6.92 Å². The minimum absolute atomic E-state index is 0.0781. The third-order valence-corrected chi connectivity index (χ3v) is 3.58. The smallest absolute Gasteiger partial charge is 0.339 e. The van der Waals surface area contributed by atoms with Gasteiger partial charge in [0.25, 0.3) is 0 Å². The molecule has 1 atom stereocenters. The zero-order valence-corrected chi connectivity index (χ0v) is 18.3. The monoisotopic (exact) mass is 378 g/mol. The van der Waals surface area contributed by atoms with Crippen LogP contribution in [0.15, 0.2) is 29.9 Å². The van der Waals surface area contributed by atoms with Crippen molar-refractivity contribution in [3.05, 3.63) is 46.6 Å². The Kier molecular flexibility index (Phi) is 14.9. The normalized spacial score (nSPS) is 14.8. The van der Waals surface area contributed by atoms with Crippen LogP contribution in [0.2, 0.25) is 0 Å². The van der Waals surface area contributed by atoms with Crippen LogP contribution in [-0.4, -0.2) is 21.3 Å². The summed E-state index contributed by atoms with van der Waals surface area (Å²) in [7, 11) is 0. The van der Waals surface area contributed by atoms with E-state index in [1.807, 2.05) is 52.8 Å². The third-order valence-electron chi connectivity index (χ3n) is 3.58. The van der Waals surface area contributed by atoms with Crippen molar-refractivity contribution in [3.63, 3.8) is 0 Å². The average molecular weight is 379 g/mol. The highest BCUT2D eigenvalue weighted by atomic mass is 16.4. The minimum Gasteiger partial charge on any atom is -0.507 e. The summed E-state index contributed by atoms with van der Waals surface area (Å²) in [6, 6.07) is 1.39. The average Bonchev–Trinajstić information content (AvgIpc) is 2.83. The molecule has 27 heavy (non-hydrogen) atoms. The summed E-state index contributed by atoms with van der Waals surface area (Å²) in [4.78, 5) is 11.2. The molecule has 1 unspecified atom stereocenters. The number of carboxylic acids is 1. The highest BCUT2D eigenvalue weighted by Crippen LogP contribution is 2.41. The van der Waals surface area contributed by atoms with Crippen molar-refractivity contribution >= 4 is 5.97 Å². The summed E-state index contributed by atoms with van der Waals surface area (Å²) in [6.45, 7) is 15.8. The van der Waals surface area contributed by atoms with Gasteiger partial charge in [0.1, 0.15) is 17.1 Å². The first kappa shape index (κ1) is 27.0. The lowest BCUT2D eigenvalue weighted by molar-refractivity contribution is 0.0692. The fourth-order valence-electron chi connectivity index (χ4n) is 2.58. The van der Waals surface area contributed by atoms with Crippen LogP contribution in [0.25, 0.3) is 0 Å². The van der Waals surface area contributed by atoms with E-state index in [4.69, 9.17) is 0 Å². The number of aromatic hydroxyl groups is 2. The Balaban J connectivity index is 0. The van der Waals surface area contributed by atoms with E-state index in [1.54, 1.807) is 6.92 Å². The van der Waals surface area contributed by atoms with Crippen LogP contribution in [0.5, 0.6) is 11.5 Å². The Morgan fingerprint density at radius 2 is 1.63 bits per heavy atom. The van der Waals surface area contributed by atoms with Crippen molar-refractivity contribution in [2.45, 2.75) is 80.6 Å². The van der Waals surface area contributed by atoms with E-state index in [0.717, 1.165) is 18.4 Å². The van der Waals surface area contributed by atoms with Crippen LogP contribution in [-0.2, 0) is 0 Å². The number of phenolic OH excluding ortho intramolecular Hbond substituents is 1. The zero-order valence-electron chi connectivity index (χ0n) is 18.3. The lowest BCUT2D eigenvalue weighted by atomic mass is 9.91. The Hall–Kier alpha value is -2.23. The van der Waals surface area contributed by atoms with Crippen LogP contribution in [0.4, 0.5) is 0 Å². The van der Waals surface area contributed by atoms with Crippen molar-refractivity contribution in [1.29, 1.82) is 0 Å². The van der Waals surface area contributed by atoms with E-state index in [-0.39, 0.29) is 28.5 Å². The Morgan fingerprint density at radius 1 is 1.11 bits per heavy atom. The molecule has 1 aliphatic rings. The number of carbonyl (C=O) groups is 1. The second kappa shape index (κ2) is 14.9. The Labute approximate surface area is 165 Å². The third kappa shape index (κ3) is 8.33. The van der Waals surface area contributed by atoms with E-state index in [9.17, 15) is 20.1 Å². The number of aromatic carboxylic acids is 1. The summed E-state index contributed by atoms with van der Waals surface area (Å²) in [5.41, 5.74) is 1.60. The number of carboxylic acid groups (broad SMARTS) is 1. The molecule has 1 aromatic rings. The molecule has 0 saturated carbocycles. The molecule has 0 radical (unpaired) electrons. The van der Waals surface area contributed by atoms with Crippen LogP contribution >= 0.6 is 0 Å². The van der Waals surface area contributed by atoms with Gasteiger partial charge < -0.3 is 15.3 Å². The van der Waals surface area contributed by atoms with Gasteiger partial charge in [0.15, 0.2) is 0 Å². The lowest BCUT2D eigenvalue weighted by Crippen LogP contribution is -2.04. The maximum Gasteiger partial charge on any atom is 0.339 e. The topological polar surface area (TPSA) is 77.8 Å². The molecule has 0 amide bonds. The van der Waals surface area contributed by atoms with Gasteiger partial charge in [0.05, 0.1) is 0 Å². The van der Waals surface area contributed by atoms with E-state index >= 15 is 0 Å². The molecular weight excluding hydrogens is 340 g/mol. The predicted octanol–water partition coefficient (Wildman–Crippen LogP) is 6.95. The number of rotatable bonds is 2. The van der Waals surface area contributed by atoms with Gasteiger partial charge >= 0.3 is 5.97 Å². The molecule has 3 N–H and O–H groups in total. The number of hydrogen-bond acceptors (Lipinski definition) is 3. The molecule has 1 aliphatic carbocycles. The number of benzene rings is 1. The molecule has 2 rings (SSSR count). The van der Waals surface area contributed by atoms with E-state index in [0.29, 0.717) is 5.56 Å². The second-order valence-corrected chi connectivity index (χ2v) is 5.87. The van der Waals surface area contributed by atoms with Gasteiger partial charge in [-0.25, -0.2) is 4.79 Å². The SMILES string of the molecule is CC.CC.CC1=CC(c2c(O)cc(C)c(C(=O)O)c2O)C=CCC1.CCC.